The smallest absolute Gasteiger partial charge is 0.135 e. The molecule has 1 fully saturated rings. The van der Waals surface area contributed by atoms with Crippen LogP contribution >= 0.6 is 0 Å². The number of nitrogens with one attached hydrogen (secondary N) is 1. The molecule has 1 N–H and O–H groups in total. The predicted octanol–water partition coefficient (Wildman–Crippen LogP) is 0.997. The fourth-order valence-electron chi connectivity index (χ4n) is 1.31. The third kappa shape index (κ3) is 4.39. The quantitative estimate of drug-likeness (QED) is 0.695. The number of piperidine rings is 1. The lowest BCUT2D eigenvalue weighted by Gasteiger charge is -2.30. The molecule has 3 heteroatoms. The van der Waals surface area contributed by atoms with E-state index in [9.17, 15) is 4.79 Å². The molecule has 0 aliphatic carbocycles. The minimum atomic E-state index is 0.168. The van der Waals surface area contributed by atoms with Gasteiger partial charge in [-0.05, 0) is 20.8 Å². The molecular formula is C10H20N2O. The van der Waals surface area contributed by atoms with E-state index in [0.29, 0.717) is 5.78 Å². The largest absolute Gasteiger partial charge is 0.300 e. The van der Waals surface area contributed by atoms with Gasteiger partial charge in [0.25, 0.3) is 0 Å². The van der Waals surface area contributed by atoms with Gasteiger partial charge in [-0.3, -0.25) is 15.0 Å². The molecule has 0 unspecified atom stereocenters. The van der Waals surface area contributed by atoms with Crippen molar-refractivity contribution in [3.63, 3.8) is 0 Å². The molecule has 1 aliphatic rings. The van der Waals surface area contributed by atoms with E-state index in [2.05, 4.69) is 31.0 Å². The summed E-state index contributed by atoms with van der Waals surface area (Å²) in [5.41, 5.74) is 0.168. The maximum atomic E-state index is 11.0. The highest BCUT2D eigenvalue weighted by Crippen LogP contribution is 2.05. The third-order valence-corrected chi connectivity index (χ3v) is 2.25. The van der Waals surface area contributed by atoms with Crippen LogP contribution in [0.2, 0.25) is 0 Å². The Labute approximate surface area is 80.5 Å². The van der Waals surface area contributed by atoms with Crippen molar-refractivity contribution in [2.45, 2.75) is 39.2 Å². The Morgan fingerprint density at radius 2 is 1.85 bits per heavy atom. The van der Waals surface area contributed by atoms with Crippen LogP contribution in [0.5, 0.6) is 0 Å². The normalized spacial score (nSPS) is 20.7. The summed E-state index contributed by atoms with van der Waals surface area (Å²) in [6.45, 7) is 9.20. The van der Waals surface area contributed by atoms with E-state index in [1.807, 2.05) is 0 Å². The van der Waals surface area contributed by atoms with Gasteiger partial charge in [-0.25, -0.2) is 0 Å². The standard InChI is InChI=1S/C10H20N2O/c1-10(2,3)11-8-12-6-4-9(13)5-7-12/h11H,4-8H2,1-3H3. The molecule has 0 spiro atoms. The van der Waals surface area contributed by atoms with Crippen molar-refractivity contribution in [3.05, 3.63) is 0 Å². The topological polar surface area (TPSA) is 32.3 Å². The van der Waals surface area contributed by atoms with Crippen LogP contribution in [0.1, 0.15) is 33.6 Å². The van der Waals surface area contributed by atoms with Crippen molar-refractivity contribution >= 4 is 5.78 Å². The molecule has 1 aliphatic heterocycles. The van der Waals surface area contributed by atoms with Gasteiger partial charge in [0.05, 0.1) is 0 Å². The van der Waals surface area contributed by atoms with Gasteiger partial charge in [0, 0.05) is 38.1 Å². The molecular weight excluding hydrogens is 164 g/mol. The maximum absolute atomic E-state index is 11.0. The summed E-state index contributed by atoms with van der Waals surface area (Å²) in [6, 6.07) is 0. The van der Waals surface area contributed by atoms with E-state index in [1.54, 1.807) is 0 Å². The molecule has 1 saturated heterocycles. The van der Waals surface area contributed by atoms with Crippen molar-refractivity contribution in [2.24, 2.45) is 0 Å². The van der Waals surface area contributed by atoms with Gasteiger partial charge >= 0.3 is 0 Å². The zero-order chi connectivity index (χ0) is 9.90. The van der Waals surface area contributed by atoms with Crippen LogP contribution in [-0.4, -0.2) is 36.0 Å². The Bertz CT molecular complexity index is 174. The highest BCUT2D eigenvalue weighted by molar-refractivity contribution is 5.79. The monoisotopic (exact) mass is 184 g/mol. The molecule has 0 aromatic carbocycles. The SMILES string of the molecule is CC(C)(C)NCN1CCC(=O)CC1. The predicted molar refractivity (Wildman–Crippen MR) is 53.6 cm³/mol. The van der Waals surface area contributed by atoms with Crippen LogP contribution in [0.4, 0.5) is 0 Å². The first-order chi connectivity index (χ1) is 5.97. The van der Waals surface area contributed by atoms with Gasteiger partial charge in [-0.15, -0.1) is 0 Å². The van der Waals surface area contributed by atoms with Gasteiger partial charge in [0.15, 0.2) is 0 Å². The molecule has 0 atom stereocenters. The Morgan fingerprint density at radius 3 is 2.31 bits per heavy atom. The molecule has 76 valence electrons. The Morgan fingerprint density at radius 1 is 1.31 bits per heavy atom. The fourth-order valence-corrected chi connectivity index (χ4v) is 1.31. The van der Waals surface area contributed by atoms with Crippen LogP contribution < -0.4 is 5.32 Å². The van der Waals surface area contributed by atoms with Gasteiger partial charge in [-0.2, -0.15) is 0 Å². The Hall–Kier alpha value is -0.410. The number of rotatable bonds is 2. The number of Topliss-reactive ketones (excluding diaryl/α,β-unsaturated/α-hetero) is 1. The Kier molecular flexibility index (Phi) is 3.45. The van der Waals surface area contributed by atoms with Crippen molar-refractivity contribution in [2.75, 3.05) is 19.8 Å². The summed E-state index contributed by atoms with van der Waals surface area (Å²) >= 11 is 0. The second-order valence-corrected chi connectivity index (χ2v) is 4.74. The fraction of sp³-hybridized carbons (Fsp3) is 0.900. The number of carbonyl (C=O) groups excluding carboxylic acids is 1. The maximum Gasteiger partial charge on any atom is 0.135 e. The summed E-state index contributed by atoms with van der Waals surface area (Å²) in [4.78, 5) is 13.3. The van der Waals surface area contributed by atoms with E-state index < -0.39 is 0 Å². The molecule has 0 aromatic heterocycles. The number of hydrogen-bond acceptors (Lipinski definition) is 3. The van der Waals surface area contributed by atoms with Crippen LogP contribution in [0.25, 0.3) is 0 Å². The first kappa shape index (κ1) is 10.7. The first-order valence-electron chi connectivity index (χ1n) is 4.96. The summed E-state index contributed by atoms with van der Waals surface area (Å²) in [7, 11) is 0. The van der Waals surface area contributed by atoms with E-state index >= 15 is 0 Å². The minimum absolute atomic E-state index is 0.168. The van der Waals surface area contributed by atoms with Crippen LogP contribution in [-0.2, 0) is 4.79 Å². The lowest BCUT2D eigenvalue weighted by molar-refractivity contribution is -0.121. The van der Waals surface area contributed by atoms with Crippen molar-refractivity contribution in [3.8, 4) is 0 Å². The van der Waals surface area contributed by atoms with Gasteiger partial charge < -0.3 is 0 Å². The molecule has 13 heavy (non-hydrogen) atoms. The van der Waals surface area contributed by atoms with E-state index in [4.69, 9.17) is 0 Å². The average molecular weight is 184 g/mol. The number of likely N-dealkylation sites (tertiary alicyclic amines) is 1. The Balaban J connectivity index is 2.20. The van der Waals surface area contributed by atoms with Crippen molar-refractivity contribution in [1.29, 1.82) is 0 Å². The van der Waals surface area contributed by atoms with Gasteiger partial charge in [0.1, 0.15) is 5.78 Å². The molecule has 0 aromatic rings. The second kappa shape index (κ2) is 4.20. The third-order valence-electron chi connectivity index (χ3n) is 2.25. The van der Waals surface area contributed by atoms with E-state index in [1.165, 1.54) is 0 Å². The second-order valence-electron chi connectivity index (χ2n) is 4.74. The zero-order valence-corrected chi connectivity index (χ0v) is 8.89. The van der Waals surface area contributed by atoms with Crippen molar-refractivity contribution in [1.82, 2.24) is 10.2 Å². The highest BCUT2D eigenvalue weighted by Gasteiger charge is 2.17. The summed E-state index contributed by atoms with van der Waals surface area (Å²) < 4.78 is 0. The highest BCUT2D eigenvalue weighted by atomic mass is 16.1. The lowest BCUT2D eigenvalue weighted by Crippen LogP contribution is -2.46. The number of ketones is 1. The zero-order valence-electron chi connectivity index (χ0n) is 8.89. The molecule has 0 amide bonds. The van der Waals surface area contributed by atoms with Crippen LogP contribution in [0.15, 0.2) is 0 Å². The number of nitrogens with zero attached hydrogens (tertiary/aromatic N) is 1. The van der Waals surface area contributed by atoms with Gasteiger partial charge in [0.2, 0.25) is 0 Å². The lowest BCUT2D eigenvalue weighted by atomic mass is 10.1. The van der Waals surface area contributed by atoms with Crippen LogP contribution in [0, 0.1) is 0 Å². The summed E-state index contributed by atoms with van der Waals surface area (Å²) in [6.07, 6.45) is 1.46. The number of hydrogen-bond donors (Lipinski definition) is 1. The molecule has 3 nitrogen and oxygen atoms in total. The summed E-state index contributed by atoms with van der Waals surface area (Å²) in [5.74, 6) is 0.409. The number of carbonyl (C=O) groups is 1. The first-order valence-corrected chi connectivity index (χ1v) is 4.96. The van der Waals surface area contributed by atoms with Crippen molar-refractivity contribution < 1.29 is 4.79 Å². The van der Waals surface area contributed by atoms with Crippen LogP contribution in [0.3, 0.4) is 0 Å². The minimum Gasteiger partial charge on any atom is -0.300 e. The summed E-state index contributed by atoms with van der Waals surface area (Å²) in [5, 5.41) is 3.42. The molecule has 0 radical (unpaired) electrons. The van der Waals surface area contributed by atoms with E-state index in [0.717, 1.165) is 32.6 Å². The molecule has 1 rings (SSSR count). The molecule has 0 bridgehead atoms. The van der Waals surface area contributed by atoms with E-state index in [-0.39, 0.29) is 5.54 Å². The van der Waals surface area contributed by atoms with Gasteiger partial charge in [-0.1, -0.05) is 0 Å². The average Bonchev–Trinajstić information content (AvgIpc) is 2.02. The molecule has 1 heterocycles. The molecule has 0 saturated carbocycles.